The van der Waals surface area contributed by atoms with Gasteiger partial charge in [-0.25, -0.2) is 9.37 Å². The van der Waals surface area contributed by atoms with Crippen LogP contribution in [-0.4, -0.2) is 21.0 Å². The molecule has 34 heavy (non-hydrogen) atoms. The molecule has 1 atom stereocenters. The standard InChI is InChI=1S/C26H23FN6O/c1-16(19-6-8-21(27)9-7-19)10-24(34)22-11-18(12-28)14-31-26(22)30-13-17-2-4-20(5-3-17)23-15-32-33-25(23)29/h2-9,11,14-16H,10,13H2,1H3,(H,30,31)(H3,29,32,33)/t16-/m1/s1. The van der Waals surface area contributed by atoms with Crippen LogP contribution in [0.15, 0.2) is 67.0 Å². The second-order valence-corrected chi connectivity index (χ2v) is 8.06. The molecule has 0 saturated heterocycles. The number of rotatable bonds is 8. The van der Waals surface area contributed by atoms with E-state index in [0.29, 0.717) is 29.3 Å². The summed E-state index contributed by atoms with van der Waals surface area (Å²) < 4.78 is 13.2. The number of carbonyl (C=O) groups excluding carboxylic acids is 1. The van der Waals surface area contributed by atoms with Gasteiger partial charge in [0.15, 0.2) is 5.78 Å². The van der Waals surface area contributed by atoms with Crippen LogP contribution in [0.1, 0.15) is 46.3 Å². The molecule has 0 amide bonds. The van der Waals surface area contributed by atoms with E-state index in [2.05, 4.69) is 20.5 Å². The van der Waals surface area contributed by atoms with Gasteiger partial charge in [-0.15, -0.1) is 0 Å². The van der Waals surface area contributed by atoms with Crippen molar-refractivity contribution in [3.63, 3.8) is 0 Å². The summed E-state index contributed by atoms with van der Waals surface area (Å²) in [6, 6.07) is 17.5. The molecule has 170 valence electrons. The molecule has 0 bridgehead atoms. The highest BCUT2D eigenvalue weighted by Crippen LogP contribution is 2.26. The van der Waals surface area contributed by atoms with Crippen molar-refractivity contribution in [1.82, 2.24) is 15.2 Å². The van der Waals surface area contributed by atoms with Crippen LogP contribution in [0.4, 0.5) is 16.0 Å². The number of pyridine rings is 1. The van der Waals surface area contributed by atoms with Crippen molar-refractivity contribution in [3.05, 3.63) is 95.1 Å². The second kappa shape index (κ2) is 9.96. The van der Waals surface area contributed by atoms with E-state index in [9.17, 15) is 14.4 Å². The molecule has 0 spiro atoms. The van der Waals surface area contributed by atoms with E-state index < -0.39 is 0 Å². The predicted molar refractivity (Wildman–Crippen MR) is 128 cm³/mol. The number of hydrogen-bond acceptors (Lipinski definition) is 6. The highest BCUT2D eigenvalue weighted by atomic mass is 19.1. The Kier molecular flexibility index (Phi) is 6.64. The zero-order valence-electron chi connectivity index (χ0n) is 18.5. The van der Waals surface area contributed by atoms with E-state index in [4.69, 9.17) is 5.73 Å². The summed E-state index contributed by atoms with van der Waals surface area (Å²) in [5.41, 5.74) is 10.2. The third-order valence-electron chi connectivity index (χ3n) is 5.64. The Morgan fingerprint density at radius 2 is 1.91 bits per heavy atom. The number of nitrogens with zero attached hydrogens (tertiary/aromatic N) is 3. The Hall–Kier alpha value is -4.51. The molecule has 7 nitrogen and oxygen atoms in total. The van der Waals surface area contributed by atoms with Crippen molar-refractivity contribution in [2.75, 3.05) is 11.1 Å². The van der Waals surface area contributed by atoms with Gasteiger partial charge in [0.2, 0.25) is 0 Å². The van der Waals surface area contributed by atoms with Crippen molar-refractivity contribution >= 4 is 17.4 Å². The molecule has 4 aromatic rings. The maximum absolute atomic E-state index is 13.2. The minimum absolute atomic E-state index is 0.116. The van der Waals surface area contributed by atoms with Crippen molar-refractivity contribution < 1.29 is 9.18 Å². The van der Waals surface area contributed by atoms with Gasteiger partial charge < -0.3 is 11.1 Å². The predicted octanol–water partition coefficient (Wildman–Crippen LogP) is 5.05. The maximum atomic E-state index is 13.2. The number of halogens is 1. The lowest BCUT2D eigenvalue weighted by atomic mass is 9.93. The van der Waals surface area contributed by atoms with Gasteiger partial charge in [0.05, 0.1) is 17.3 Å². The molecule has 0 aliphatic carbocycles. The fraction of sp³-hybridized carbons (Fsp3) is 0.154. The van der Waals surface area contributed by atoms with Crippen LogP contribution in [0.2, 0.25) is 0 Å². The topological polar surface area (TPSA) is 120 Å². The Morgan fingerprint density at radius 1 is 1.18 bits per heavy atom. The number of nitrogens with one attached hydrogen (secondary N) is 2. The van der Waals surface area contributed by atoms with Crippen LogP contribution >= 0.6 is 0 Å². The van der Waals surface area contributed by atoms with E-state index in [1.807, 2.05) is 37.3 Å². The average molecular weight is 455 g/mol. The van der Waals surface area contributed by atoms with Crippen molar-refractivity contribution in [2.45, 2.75) is 25.8 Å². The quantitative estimate of drug-likeness (QED) is 0.320. The SMILES string of the molecule is C[C@H](CC(=O)c1cc(C#N)cnc1NCc1ccc(-c2cn[nH]c2N)cc1)c1ccc(F)cc1. The van der Waals surface area contributed by atoms with Crippen molar-refractivity contribution in [3.8, 4) is 17.2 Å². The van der Waals surface area contributed by atoms with Gasteiger partial charge in [-0.05, 0) is 40.8 Å². The van der Waals surface area contributed by atoms with Crippen molar-refractivity contribution in [2.24, 2.45) is 0 Å². The van der Waals surface area contributed by atoms with Gasteiger partial charge in [-0.1, -0.05) is 43.3 Å². The summed E-state index contributed by atoms with van der Waals surface area (Å²) in [7, 11) is 0. The Labute approximate surface area is 196 Å². The number of H-pyrrole nitrogens is 1. The fourth-order valence-electron chi connectivity index (χ4n) is 3.69. The summed E-state index contributed by atoms with van der Waals surface area (Å²) in [6.07, 6.45) is 3.32. The molecule has 0 aliphatic heterocycles. The molecular weight excluding hydrogens is 431 g/mol. The Morgan fingerprint density at radius 3 is 2.56 bits per heavy atom. The highest BCUT2D eigenvalue weighted by Gasteiger charge is 2.18. The minimum atomic E-state index is -0.319. The lowest BCUT2D eigenvalue weighted by molar-refractivity contribution is 0.0976. The number of benzene rings is 2. The second-order valence-electron chi connectivity index (χ2n) is 8.06. The molecule has 0 fully saturated rings. The van der Waals surface area contributed by atoms with Gasteiger partial charge >= 0.3 is 0 Å². The molecular formula is C26H23FN6O. The van der Waals surface area contributed by atoms with E-state index in [1.165, 1.54) is 18.3 Å². The monoisotopic (exact) mass is 454 g/mol. The molecule has 2 aromatic carbocycles. The molecule has 0 saturated carbocycles. The molecule has 0 aliphatic rings. The lowest BCUT2D eigenvalue weighted by Gasteiger charge is -2.14. The number of Topliss-reactive ketones (excluding diaryl/α,β-unsaturated/α-hetero) is 1. The van der Waals surface area contributed by atoms with Gasteiger partial charge in [-0.2, -0.15) is 10.4 Å². The molecule has 0 unspecified atom stereocenters. The number of nitrogen functional groups attached to an aromatic ring is 1. The minimum Gasteiger partial charge on any atom is -0.384 e. The molecule has 8 heteroatoms. The number of nitrogens with two attached hydrogens (primary N) is 1. The summed E-state index contributed by atoms with van der Waals surface area (Å²) >= 11 is 0. The van der Waals surface area contributed by atoms with E-state index in [0.717, 1.165) is 22.3 Å². The number of nitriles is 1. The third-order valence-corrected chi connectivity index (χ3v) is 5.64. The summed E-state index contributed by atoms with van der Waals surface area (Å²) in [5, 5.41) is 19.1. The number of aromatic amines is 1. The zero-order chi connectivity index (χ0) is 24.1. The summed E-state index contributed by atoms with van der Waals surface area (Å²) in [5.74, 6) is 0.342. The number of ketones is 1. The first-order valence-corrected chi connectivity index (χ1v) is 10.8. The van der Waals surface area contributed by atoms with Crippen molar-refractivity contribution in [1.29, 1.82) is 5.26 Å². The van der Waals surface area contributed by atoms with Crippen LogP contribution in [0, 0.1) is 17.1 Å². The summed E-state index contributed by atoms with van der Waals surface area (Å²) in [6.45, 7) is 2.35. The summed E-state index contributed by atoms with van der Waals surface area (Å²) in [4.78, 5) is 17.4. The van der Waals surface area contributed by atoms with Gasteiger partial charge in [0.1, 0.15) is 23.5 Å². The molecule has 4 N–H and O–H groups in total. The largest absolute Gasteiger partial charge is 0.384 e. The Bertz CT molecular complexity index is 1340. The first kappa shape index (κ1) is 22.7. The van der Waals surface area contributed by atoms with Crippen LogP contribution in [0.25, 0.3) is 11.1 Å². The van der Waals surface area contributed by atoms with E-state index in [1.54, 1.807) is 24.4 Å². The fourth-order valence-corrected chi connectivity index (χ4v) is 3.69. The average Bonchev–Trinajstić information content (AvgIpc) is 3.29. The molecule has 2 heterocycles. The molecule has 4 rings (SSSR count). The maximum Gasteiger partial charge on any atom is 0.167 e. The van der Waals surface area contributed by atoms with Crippen LogP contribution in [0.3, 0.4) is 0 Å². The first-order valence-electron chi connectivity index (χ1n) is 10.8. The highest BCUT2D eigenvalue weighted by molar-refractivity contribution is 6.01. The number of carbonyl (C=O) groups is 1. The van der Waals surface area contributed by atoms with E-state index >= 15 is 0 Å². The van der Waals surface area contributed by atoms with Gasteiger partial charge in [0, 0.05) is 24.7 Å². The van der Waals surface area contributed by atoms with E-state index in [-0.39, 0.29) is 23.9 Å². The Balaban J connectivity index is 1.49. The number of hydrogen-bond donors (Lipinski definition) is 3. The lowest BCUT2D eigenvalue weighted by Crippen LogP contribution is -2.11. The normalized spacial score (nSPS) is 11.6. The molecule has 2 aromatic heterocycles. The van der Waals surface area contributed by atoms with Crippen LogP contribution < -0.4 is 11.1 Å². The van der Waals surface area contributed by atoms with Crippen LogP contribution in [0.5, 0.6) is 0 Å². The van der Waals surface area contributed by atoms with Gasteiger partial charge in [0.25, 0.3) is 0 Å². The molecule has 0 radical (unpaired) electrons. The van der Waals surface area contributed by atoms with Gasteiger partial charge in [-0.3, -0.25) is 9.89 Å². The smallest absolute Gasteiger partial charge is 0.167 e. The number of anilines is 2. The zero-order valence-corrected chi connectivity index (χ0v) is 18.5. The van der Waals surface area contributed by atoms with Crippen LogP contribution in [-0.2, 0) is 6.54 Å². The number of aromatic nitrogens is 3. The first-order chi connectivity index (χ1) is 16.4. The third kappa shape index (κ3) is 5.10.